The van der Waals surface area contributed by atoms with Crippen LogP contribution in [-0.2, 0) is 0 Å². The van der Waals surface area contributed by atoms with Gasteiger partial charge in [0.2, 0.25) is 0 Å². The fraction of sp³-hybridized carbons (Fsp3) is 0.333. The first-order valence-electron chi connectivity index (χ1n) is 5.57. The number of nitrogens with one attached hydrogen (secondary N) is 2. The molecule has 1 saturated heterocycles. The predicted molar refractivity (Wildman–Crippen MR) is 63.3 cm³/mol. The van der Waals surface area contributed by atoms with E-state index in [-0.39, 0.29) is 5.82 Å². The number of benzene rings is 1. The van der Waals surface area contributed by atoms with Crippen molar-refractivity contribution in [1.29, 1.82) is 0 Å². The first-order valence-corrected chi connectivity index (χ1v) is 5.57. The molecular formula is C12H14FN3. The molecule has 2 heterocycles. The zero-order valence-electron chi connectivity index (χ0n) is 8.96. The summed E-state index contributed by atoms with van der Waals surface area (Å²) in [6.45, 7) is 3.81. The van der Waals surface area contributed by atoms with Crippen molar-refractivity contribution in [3.63, 3.8) is 0 Å². The van der Waals surface area contributed by atoms with E-state index in [9.17, 15) is 4.39 Å². The number of H-pyrrole nitrogens is 1. The lowest BCUT2D eigenvalue weighted by molar-refractivity contribution is 0.586. The molecule has 0 saturated carbocycles. The summed E-state index contributed by atoms with van der Waals surface area (Å²) in [6, 6.07) is 5.56. The monoisotopic (exact) mass is 219 g/mol. The molecule has 0 atom stereocenters. The number of hydrogen-bond acceptors (Lipinski definition) is 2. The van der Waals surface area contributed by atoms with E-state index in [1.165, 1.54) is 0 Å². The number of aromatic nitrogens is 1. The largest absolute Gasteiger partial charge is 0.369 e. The molecule has 1 aliphatic rings. The molecule has 3 nitrogen and oxygen atoms in total. The van der Waals surface area contributed by atoms with Gasteiger partial charge in [-0.3, -0.25) is 0 Å². The highest BCUT2D eigenvalue weighted by molar-refractivity contribution is 5.83. The Morgan fingerprint density at radius 2 is 2.00 bits per heavy atom. The Balaban J connectivity index is 2.02. The second kappa shape index (κ2) is 3.79. The zero-order valence-corrected chi connectivity index (χ0v) is 8.96. The summed E-state index contributed by atoms with van der Waals surface area (Å²) in [7, 11) is 0. The van der Waals surface area contributed by atoms with E-state index < -0.39 is 0 Å². The van der Waals surface area contributed by atoms with Gasteiger partial charge in [0.25, 0.3) is 0 Å². The predicted octanol–water partition coefficient (Wildman–Crippen LogP) is 1.72. The van der Waals surface area contributed by atoms with Gasteiger partial charge in [0, 0.05) is 43.4 Å². The quantitative estimate of drug-likeness (QED) is 0.765. The second-order valence-corrected chi connectivity index (χ2v) is 4.11. The number of nitrogens with zero attached hydrogens (tertiary/aromatic N) is 1. The summed E-state index contributed by atoms with van der Waals surface area (Å²) >= 11 is 0. The Labute approximate surface area is 93.3 Å². The molecule has 16 heavy (non-hydrogen) atoms. The van der Waals surface area contributed by atoms with Crippen molar-refractivity contribution in [2.75, 3.05) is 31.1 Å². The lowest BCUT2D eigenvalue weighted by Crippen LogP contribution is -2.43. The fourth-order valence-corrected chi connectivity index (χ4v) is 2.22. The van der Waals surface area contributed by atoms with Crippen LogP contribution in [0.2, 0.25) is 0 Å². The van der Waals surface area contributed by atoms with Crippen LogP contribution in [0, 0.1) is 5.82 Å². The van der Waals surface area contributed by atoms with Gasteiger partial charge in [-0.1, -0.05) is 0 Å². The van der Waals surface area contributed by atoms with Gasteiger partial charge in [0.15, 0.2) is 0 Å². The van der Waals surface area contributed by atoms with Crippen LogP contribution in [0.25, 0.3) is 10.9 Å². The smallest absolute Gasteiger partial charge is 0.149 e. The van der Waals surface area contributed by atoms with Gasteiger partial charge in [-0.05, 0) is 18.2 Å². The molecular weight excluding hydrogens is 205 g/mol. The maximum Gasteiger partial charge on any atom is 0.149 e. The molecule has 4 heteroatoms. The lowest BCUT2D eigenvalue weighted by atomic mass is 10.2. The molecule has 1 aromatic heterocycles. The molecule has 2 aromatic rings. The third kappa shape index (κ3) is 1.55. The molecule has 84 valence electrons. The van der Waals surface area contributed by atoms with Crippen molar-refractivity contribution >= 4 is 16.6 Å². The van der Waals surface area contributed by atoms with Crippen LogP contribution < -0.4 is 10.2 Å². The molecule has 0 aliphatic carbocycles. The fourth-order valence-electron chi connectivity index (χ4n) is 2.22. The third-order valence-corrected chi connectivity index (χ3v) is 3.08. The standard InChI is InChI=1S/C12H14FN3/c13-11-8-10(16-5-3-14-4-6-16)7-9-1-2-15-12(9)11/h1-2,7-8,14-15H,3-6H2. The molecule has 0 amide bonds. The van der Waals surface area contributed by atoms with Crippen molar-refractivity contribution in [2.24, 2.45) is 0 Å². The van der Waals surface area contributed by atoms with Crippen LogP contribution in [0.3, 0.4) is 0 Å². The van der Waals surface area contributed by atoms with E-state index in [4.69, 9.17) is 0 Å². The average molecular weight is 219 g/mol. The van der Waals surface area contributed by atoms with Gasteiger partial charge in [-0.2, -0.15) is 0 Å². The molecule has 0 bridgehead atoms. The summed E-state index contributed by atoms with van der Waals surface area (Å²) in [4.78, 5) is 5.13. The van der Waals surface area contributed by atoms with Crippen LogP contribution in [0.5, 0.6) is 0 Å². The van der Waals surface area contributed by atoms with E-state index in [0.717, 1.165) is 37.3 Å². The number of fused-ring (bicyclic) bond motifs is 1. The molecule has 1 fully saturated rings. The molecule has 1 aliphatic heterocycles. The summed E-state index contributed by atoms with van der Waals surface area (Å²) in [6.07, 6.45) is 1.77. The highest BCUT2D eigenvalue weighted by atomic mass is 19.1. The van der Waals surface area contributed by atoms with E-state index >= 15 is 0 Å². The zero-order chi connectivity index (χ0) is 11.0. The Morgan fingerprint density at radius 3 is 2.81 bits per heavy atom. The minimum atomic E-state index is -0.170. The number of hydrogen-bond donors (Lipinski definition) is 2. The number of anilines is 1. The highest BCUT2D eigenvalue weighted by Gasteiger charge is 2.13. The molecule has 1 aromatic carbocycles. The van der Waals surface area contributed by atoms with Crippen LogP contribution in [-0.4, -0.2) is 31.2 Å². The number of rotatable bonds is 1. The van der Waals surface area contributed by atoms with Crippen LogP contribution in [0.4, 0.5) is 10.1 Å². The summed E-state index contributed by atoms with van der Waals surface area (Å²) in [5.41, 5.74) is 1.57. The van der Waals surface area contributed by atoms with Gasteiger partial charge in [0.1, 0.15) is 5.82 Å². The van der Waals surface area contributed by atoms with Crippen molar-refractivity contribution in [1.82, 2.24) is 10.3 Å². The minimum Gasteiger partial charge on any atom is -0.369 e. The molecule has 2 N–H and O–H groups in total. The minimum absolute atomic E-state index is 0.170. The maximum absolute atomic E-state index is 13.8. The Morgan fingerprint density at radius 1 is 1.19 bits per heavy atom. The van der Waals surface area contributed by atoms with Gasteiger partial charge < -0.3 is 15.2 Å². The third-order valence-electron chi connectivity index (χ3n) is 3.08. The Bertz CT molecular complexity index is 500. The van der Waals surface area contributed by atoms with Crippen molar-refractivity contribution in [3.8, 4) is 0 Å². The molecule has 0 spiro atoms. The van der Waals surface area contributed by atoms with Gasteiger partial charge >= 0.3 is 0 Å². The van der Waals surface area contributed by atoms with Crippen LogP contribution in [0.1, 0.15) is 0 Å². The van der Waals surface area contributed by atoms with E-state index in [1.807, 2.05) is 12.1 Å². The topological polar surface area (TPSA) is 31.1 Å². The number of piperazine rings is 1. The number of aromatic amines is 1. The Kier molecular flexibility index (Phi) is 2.29. The van der Waals surface area contributed by atoms with Gasteiger partial charge in [0.05, 0.1) is 5.52 Å². The van der Waals surface area contributed by atoms with Crippen molar-refractivity contribution in [3.05, 3.63) is 30.2 Å². The van der Waals surface area contributed by atoms with Crippen LogP contribution in [0.15, 0.2) is 24.4 Å². The Hall–Kier alpha value is -1.55. The average Bonchev–Trinajstić information content (AvgIpc) is 2.79. The molecule has 0 unspecified atom stereocenters. The van der Waals surface area contributed by atoms with Crippen molar-refractivity contribution in [2.45, 2.75) is 0 Å². The van der Waals surface area contributed by atoms with E-state index in [1.54, 1.807) is 12.3 Å². The first kappa shape index (κ1) is 9.66. The molecule has 3 rings (SSSR count). The number of halogens is 1. The molecule has 0 radical (unpaired) electrons. The van der Waals surface area contributed by atoms with Crippen LogP contribution >= 0.6 is 0 Å². The summed E-state index contributed by atoms with van der Waals surface area (Å²) < 4.78 is 13.8. The van der Waals surface area contributed by atoms with Gasteiger partial charge in [-0.15, -0.1) is 0 Å². The summed E-state index contributed by atoms with van der Waals surface area (Å²) in [5.74, 6) is -0.170. The van der Waals surface area contributed by atoms with E-state index in [0.29, 0.717) is 5.52 Å². The second-order valence-electron chi connectivity index (χ2n) is 4.11. The van der Waals surface area contributed by atoms with Crippen molar-refractivity contribution < 1.29 is 4.39 Å². The maximum atomic E-state index is 13.8. The lowest BCUT2D eigenvalue weighted by Gasteiger charge is -2.29. The summed E-state index contributed by atoms with van der Waals surface area (Å²) in [5, 5.41) is 4.23. The van der Waals surface area contributed by atoms with E-state index in [2.05, 4.69) is 15.2 Å². The van der Waals surface area contributed by atoms with Gasteiger partial charge in [-0.25, -0.2) is 4.39 Å². The SMILES string of the molecule is Fc1cc(N2CCNCC2)cc2cc[nH]c12. The first-order chi connectivity index (χ1) is 7.84. The normalized spacial score (nSPS) is 16.9. The highest BCUT2D eigenvalue weighted by Crippen LogP contribution is 2.24.